The van der Waals surface area contributed by atoms with Crippen molar-refractivity contribution in [2.45, 2.75) is 360 Å². The number of phenols is 7. The molecular formula is C99H176O7. The van der Waals surface area contributed by atoms with Gasteiger partial charge in [0.15, 0.2) is 0 Å². The molecule has 0 spiro atoms. The minimum atomic E-state index is 0.0331. The molecule has 2 aliphatic carbocycles. The summed E-state index contributed by atoms with van der Waals surface area (Å²) < 4.78 is 0. The maximum atomic E-state index is 9.45. The molecule has 0 aliphatic heterocycles. The molecule has 7 nitrogen and oxygen atoms in total. The van der Waals surface area contributed by atoms with Gasteiger partial charge in [0.05, 0.1) is 0 Å². The molecule has 7 N–H and O–H groups in total. The molecule has 0 unspecified atom stereocenters. The van der Waals surface area contributed by atoms with Crippen molar-refractivity contribution in [2.75, 3.05) is 0 Å². The lowest BCUT2D eigenvalue weighted by molar-refractivity contribution is 0.446. The number of hydrogen-bond donors (Lipinski definition) is 7. The van der Waals surface area contributed by atoms with Crippen LogP contribution in [-0.2, 0) is 5.41 Å². The Labute approximate surface area is 660 Å². The zero-order chi connectivity index (χ0) is 83.6. The van der Waals surface area contributed by atoms with Gasteiger partial charge in [-0.25, -0.2) is 0 Å². The molecule has 0 bridgehead atoms. The van der Waals surface area contributed by atoms with Gasteiger partial charge in [-0.15, -0.1) is 0 Å². The van der Waals surface area contributed by atoms with Crippen LogP contribution in [-0.4, -0.2) is 35.7 Å². The Morgan fingerprint density at radius 1 is 0.160 bits per heavy atom. The molecule has 2 aliphatic rings. The molecule has 7 aromatic carbocycles. The summed E-state index contributed by atoms with van der Waals surface area (Å²) in [6, 6.07) is 59.7. The van der Waals surface area contributed by atoms with Crippen molar-refractivity contribution in [3.63, 3.8) is 0 Å². The summed E-state index contributed by atoms with van der Waals surface area (Å²) in [5.74, 6) is 2.32. The molecule has 9 rings (SSSR count). The van der Waals surface area contributed by atoms with E-state index in [1.807, 2.05) is 152 Å². The lowest BCUT2D eigenvalue weighted by Crippen LogP contribution is -2.10. The molecular weight excluding hydrogens is 1300 g/mol. The Morgan fingerprint density at radius 2 is 0.255 bits per heavy atom. The van der Waals surface area contributed by atoms with Gasteiger partial charge in [-0.1, -0.05) is 482 Å². The molecule has 0 aromatic heterocycles. The maximum absolute atomic E-state index is 9.45. The Kier molecular flexibility index (Phi) is 107. The van der Waals surface area contributed by atoms with Gasteiger partial charge in [-0.3, -0.25) is 0 Å². The van der Waals surface area contributed by atoms with Crippen LogP contribution in [0.15, 0.2) is 206 Å². The van der Waals surface area contributed by atoms with Crippen LogP contribution in [0.5, 0.6) is 40.2 Å². The van der Waals surface area contributed by atoms with E-state index in [1.54, 1.807) is 152 Å². The molecule has 2 fully saturated rings. The molecule has 0 radical (unpaired) electrons. The molecule has 106 heavy (non-hydrogen) atoms. The first-order chi connectivity index (χ1) is 50.4. The number of aromatic hydroxyl groups is 7. The van der Waals surface area contributed by atoms with Crippen molar-refractivity contribution < 1.29 is 35.7 Å². The number of para-hydroxylation sites is 7. The second-order valence-corrected chi connectivity index (χ2v) is 29.3. The highest BCUT2D eigenvalue weighted by Gasteiger charge is 2.16. The van der Waals surface area contributed by atoms with Gasteiger partial charge in [0.2, 0.25) is 0 Å². The lowest BCUT2D eigenvalue weighted by atomic mass is 9.86. The summed E-state index contributed by atoms with van der Waals surface area (Å²) in [4.78, 5) is 0. The fourth-order valence-electron chi connectivity index (χ4n) is 7.92. The first-order valence-corrected chi connectivity index (χ1v) is 41.6. The van der Waals surface area contributed by atoms with Crippen LogP contribution in [0.1, 0.15) is 360 Å². The van der Waals surface area contributed by atoms with Crippen molar-refractivity contribution in [1.82, 2.24) is 0 Å². The average Bonchev–Trinajstić information content (AvgIpc) is 0.850. The maximum Gasteiger partial charge on any atom is 0.119 e. The largest absolute Gasteiger partial charge is 0.508 e. The van der Waals surface area contributed by atoms with Gasteiger partial charge < -0.3 is 35.7 Å². The zero-order valence-electron chi connectivity index (χ0n) is 74.7. The summed E-state index contributed by atoms with van der Waals surface area (Å²) in [6.07, 6.45) is 36.0. The molecule has 7 heteroatoms. The van der Waals surface area contributed by atoms with Crippen LogP contribution in [0.25, 0.3) is 0 Å². The monoisotopic (exact) mass is 1480 g/mol. The quantitative estimate of drug-likeness (QED) is 0.0802. The minimum absolute atomic E-state index is 0.0331. The number of phenolic OH excluding ortho intramolecular Hbond substituents is 7. The van der Waals surface area contributed by atoms with Crippen LogP contribution in [0.4, 0.5) is 0 Å². The number of hydrogen-bond acceptors (Lipinski definition) is 7. The van der Waals surface area contributed by atoms with Gasteiger partial charge in [0.25, 0.3) is 0 Å². The highest BCUT2D eigenvalue weighted by molar-refractivity contribution is 5.36. The third-order valence-corrected chi connectivity index (χ3v) is 12.2. The smallest absolute Gasteiger partial charge is 0.119 e. The summed E-state index contributed by atoms with van der Waals surface area (Å²) in [5.41, 5.74) is 2.53. The summed E-state index contributed by atoms with van der Waals surface area (Å²) >= 11 is 0. The first kappa shape index (κ1) is 120. The summed E-state index contributed by atoms with van der Waals surface area (Å²) in [7, 11) is 0. The molecule has 0 atom stereocenters. The van der Waals surface area contributed by atoms with Crippen molar-refractivity contribution >= 4 is 0 Å². The predicted molar refractivity (Wildman–Crippen MR) is 481 cm³/mol. The van der Waals surface area contributed by atoms with Crippen molar-refractivity contribution in [3.05, 3.63) is 212 Å². The molecule has 0 heterocycles. The average molecular weight is 1480 g/mol. The van der Waals surface area contributed by atoms with Gasteiger partial charge >= 0.3 is 0 Å². The molecule has 614 valence electrons. The van der Waals surface area contributed by atoms with Crippen molar-refractivity contribution in [1.29, 1.82) is 0 Å². The lowest BCUT2D eigenvalue weighted by Gasteiger charge is -2.19. The summed E-state index contributed by atoms with van der Waals surface area (Å²) in [6.45, 7) is 60.5. The van der Waals surface area contributed by atoms with E-state index in [9.17, 15) is 5.11 Å². The zero-order valence-corrected chi connectivity index (χ0v) is 74.7. The van der Waals surface area contributed by atoms with Gasteiger partial charge in [-0.05, 0) is 106 Å². The van der Waals surface area contributed by atoms with E-state index in [0.29, 0.717) is 56.5 Å². The molecule has 0 saturated heterocycles. The van der Waals surface area contributed by atoms with Crippen LogP contribution in [0.3, 0.4) is 0 Å². The van der Waals surface area contributed by atoms with Gasteiger partial charge in [0.1, 0.15) is 40.2 Å². The summed E-state index contributed by atoms with van der Waals surface area (Å²) in [5, 5.41) is 61.2. The highest BCUT2D eigenvalue weighted by Crippen LogP contribution is 2.29. The van der Waals surface area contributed by atoms with Crippen molar-refractivity contribution in [3.8, 4) is 40.2 Å². The van der Waals surface area contributed by atoms with Crippen LogP contribution in [0.2, 0.25) is 0 Å². The van der Waals surface area contributed by atoms with E-state index in [0.717, 1.165) is 5.56 Å². The third-order valence-electron chi connectivity index (χ3n) is 12.2. The van der Waals surface area contributed by atoms with E-state index in [4.69, 9.17) is 30.6 Å². The predicted octanol–water partition coefficient (Wildman–Crippen LogP) is 33.7. The van der Waals surface area contributed by atoms with Crippen LogP contribution < -0.4 is 0 Å². The molecule has 0 amide bonds. The molecule has 7 aromatic rings. The number of rotatable bonds is 0. The van der Waals surface area contributed by atoms with Crippen LogP contribution >= 0.6 is 0 Å². The standard InChI is InChI=1S/2C12H24.C10H14O.6C6H6O.3C5H12.7C2H6/c2*1-2-4-6-8-10-12-11-9-7-5-3-1;1-10(2,3)8-6-4-5-7-9(8)11;6*7-6-4-2-1-3-5-6;3*1-5(2,3)4;7*1-2/h2*1-12H2;4-7,11H,1-3H3;6*1-5,7H;3*1-4H3;7*1-2H3. The van der Waals surface area contributed by atoms with Gasteiger partial charge in [-0.2, -0.15) is 0 Å². The number of benzene rings is 7. The molecule has 2 saturated carbocycles. The van der Waals surface area contributed by atoms with E-state index in [2.05, 4.69) is 104 Å². The Morgan fingerprint density at radius 3 is 0.321 bits per heavy atom. The Hall–Kier alpha value is -6.86. The van der Waals surface area contributed by atoms with Crippen LogP contribution in [0, 0.1) is 16.2 Å². The topological polar surface area (TPSA) is 142 Å². The highest BCUT2D eigenvalue weighted by atomic mass is 16.3. The fraction of sp³-hybridized carbons (Fsp3) is 0.576. The fourth-order valence-corrected chi connectivity index (χ4v) is 7.92. The normalized spacial score (nSPS) is 12.1. The van der Waals surface area contributed by atoms with E-state index in [-0.39, 0.29) is 5.41 Å². The van der Waals surface area contributed by atoms with E-state index < -0.39 is 0 Å². The SMILES string of the molecule is C1CCCCCCCCCCC1.C1CCCCCCCCCCC1.CC.CC.CC.CC.CC.CC.CC.CC(C)(C)C.CC(C)(C)C.CC(C)(C)C.CC(C)(C)c1ccccc1O.Oc1ccccc1.Oc1ccccc1.Oc1ccccc1.Oc1ccccc1.Oc1ccccc1.Oc1ccccc1. The minimum Gasteiger partial charge on any atom is -0.508 e. The Balaban J connectivity index is -0.000000118. The third kappa shape index (κ3) is 133. The van der Waals surface area contributed by atoms with E-state index in [1.165, 1.54) is 154 Å². The first-order valence-electron chi connectivity index (χ1n) is 41.6. The Bertz CT molecular complexity index is 2100. The van der Waals surface area contributed by atoms with E-state index >= 15 is 0 Å². The second kappa shape index (κ2) is 94.2. The van der Waals surface area contributed by atoms with Crippen molar-refractivity contribution in [2.24, 2.45) is 16.2 Å². The second-order valence-electron chi connectivity index (χ2n) is 29.3. The van der Waals surface area contributed by atoms with Gasteiger partial charge in [0, 0.05) is 0 Å².